The van der Waals surface area contributed by atoms with E-state index in [1.165, 1.54) is 7.11 Å². The Balaban J connectivity index is 2.60. The van der Waals surface area contributed by atoms with E-state index in [1.807, 2.05) is 0 Å². The second kappa shape index (κ2) is 7.33. The number of nitrogens with zero attached hydrogens (tertiary/aromatic N) is 1. The van der Waals surface area contributed by atoms with Crippen molar-refractivity contribution in [2.45, 2.75) is 32.7 Å². The van der Waals surface area contributed by atoms with Crippen molar-refractivity contribution in [3.8, 4) is 0 Å². The van der Waals surface area contributed by atoms with E-state index in [4.69, 9.17) is 5.11 Å². The molecular formula is C13H24N2O4. The predicted molar refractivity (Wildman–Crippen MR) is 71.0 cm³/mol. The molecule has 0 radical (unpaired) electrons. The zero-order chi connectivity index (χ0) is 14.4. The number of piperidine rings is 1. The minimum Gasteiger partial charge on any atom is -0.481 e. The Kier molecular flexibility index (Phi) is 6.08. The summed E-state index contributed by atoms with van der Waals surface area (Å²) in [6.07, 6.45) is 0.384. The molecule has 0 aromatic rings. The van der Waals surface area contributed by atoms with E-state index in [0.717, 1.165) is 19.6 Å². The highest BCUT2D eigenvalue weighted by Gasteiger charge is 2.29. The molecule has 19 heavy (non-hydrogen) atoms. The number of alkyl carbamates (subject to hydrolysis) is 1. The van der Waals surface area contributed by atoms with Crippen LogP contribution in [0.5, 0.6) is 0 Å². The molecule has 6 heteroatoms. The topological polar surface area (TPSA) is 78.9 Å². The molecule has 1 amide bonds. The number of carbonyl (C=O) groups is 2. The minimum absolute atomic E-state index is 0.0377. The van der Waals surface area contributed by atoms with Gasteiger partial charge < -0.3 is 20.1 Å². The summed E-state index contributed by atoms with van der Waals surface area (Å²) in [6, 6.07) is -0.0377. The zero-order valence-corrected chi connectivity index (χ0v) is 11.9. The highest BCUT2D eigenvalue weighted by atomic mass is 16.5. The summed E-state index contributed by atoms with van der Waals surface area (Å²) in [6.45, 7) is 6.70. The third-order valence-electron chi connectivity index (χ3n) is 3.21. The Labute approximate surface area is 114 Å². The van der Waals surface area contributed by atoms with E-state index in [9.17, 15) is 9.59 Å². The summed E-state index contributed by atoms with van der Waals surface area (Å²) in [7, 11) is 1.33. The average Bonchev–Trinajstić information content (AvgIpc) is 2.26. The standard InChI is InChI=1S/C13H24N2O4/c1-9(2)6-15-7-10(5-12(16)17)4-11(8-15)14-13(18)19-3/h9-11H,4-8H2,1-3H3,(H,14,18)(H,16,17). The second-order valence-electron chi connectivity index (χ2n) is 5.64. The number of ether oxygens (including phenoxy) is 1. The molecule has 0 spiro atoms. The van der Waals surface area contributed by atoms with Gasteiger partial charge in [0.15, 0.2) is 0 Å². The molecule has 0 bridgehead atoms. The largest absolute Gasteiger partial charge is 0.481 e. The van der Waals surface area contributed by atoms with Crippen LogP contribution in [0.2, 0.25) is 0 Å². The Bertz CT molecular complexity index is 320. The SMILES string of the molecule is COC(=O)NC1CC(CC(=O)O)CN(CC(C)C)C1. The molecule has 2 N–H and O–H groups in total. The molecule has 2 atom stereocenters. The van der Waals surface area contributed by atoms with Crippen molar-refractivity contribution in [3.63, 3.8) is 0 Å². The maximum absolute atomic E-state index is 11.3. The Morgan fingerprint density at radius 2 is 2.11 bits per heavy atom. The van der Waals surface area contributed by atoms with Gasteiger partial charge in [-0.1, -0.05) is 13.8 Å². The number of rotatable bonds is 5. The fourth-order valence-corrected chi connectivity index (χ4v) is 2.69. The highest BCUT2D eigenvalue weighted by molar-refractivity contribution is 5.68. The first-order valence-electron chi connectivity index (χ1n) is 6.69. The molecule has 1 saturated heterocycles. The molecule has 1 heterocycles. The van der Waals surface area contributed by atoms with Gasteiger partial charge in [0.2, 0.25) is 0 Å². The molecule has 110 valence electrons. The number of hydrogen-bond acceptors (Lipinski definition) is 4. The Morgan fingerprint density at radius 1 is 1.42 bits per heavy atom. The number of carboxylic acids is 1. The summed E-state index contributed by atoms with van der Waals surface area (Å²) in [5.74, 6) is -0.192. The van der Waals surface area contributed by atoms with Crippen LogP contribution in [-0.2, 0) is 9.53 Å². The van der Waals surface area contributed by atoms with Gasteiger partial charge in [-0.25, -0.2) is 4.79 Å². The molecule has 1 aliphatic heterocycles. The lowest BCUT2D eigenvalue weighted by Gasteiger charge is -2.38. The van der Waals surface area contributed by atoms with Crippen LogP contribution in [0.1, 0.15) is 26.7 Å². The van der Waals surface area contributed by atoms with Gasteiger partial charge in [-0.05, 0) is 18.3 Å². The van der Waals surface area contributed by atoms with Gasteiger partial charge in [-0.3, -0.25) is 4.79 Å². The number of amides is 1. The lowest BCUT2D eigenvalue weighted by molar-refractivity contribution is -0.138. The molecule has 2 unspecified atom stereocenters. The van der Waals surface area contributed by atoms with Crippen molar-refractivity contribution in [1.29, 1.82) is 0 Å². The molecule has 1 fully saturated rings. The fourth-order valence-electron chi connectivity index (χ4n) is 2.69. The summed E-state index contributed by atoms with van der Waals surface area (Å²) in [5, 5.41) is 11.7. The van der Waals surface area contributed by atoms with Crippen LogP contribution < -0.4 is 5.32 Å². The monoisotopic (exact) mass is 272 g/mol. The first kappa shape index (κ1) is 15.8. The molecular weight excluding hydrogens is 248 g/mol. The van der Waals surface area contributed by atoms with Crippen LogP contribution in [0.4, 0.5) is 4.79 Å². The number of hydrogen-bond donors (Lipinski definition) is 2. The number of carbonyl (C=O) groups excluding carboxylic acids is 1. The van der Waals surface area contributed by atoms with Crippen LogP contribution >= 0.6 is 0 Å². The molecule has 0 aromatic heterocycles. The van der Waals surface area contributed by atoms with Crippen LogP contribution in [0.3, 0.4) is 0 Å². The minimum atomic E-state index is -0.784. The van der Waals surface area contributed by atoms with Crippen molar-refractivity contribution in [3.05, 3.63) is 0 Å². The maximum atomic E-state index is 11.3. The molecule has 0 aromatic carbocycles. The van der Waals surface area contributed by atoms with Gasteiger partial charge >= 0.3 is 12.1 Å². The van der Waals surface area contributed by atoms with E-state index in [0.29, 0.717) is 12.3 Å². The maximum Gasteiger partial charge on any atom is 0.407 e. The first-order chi connectivity index (χ1) is 8.90. The van der Waals surface area contributed by atoms with E-state index >= 15 is 0 Å². The van der Waals surface area contributed by atoms with Crippen molar-refractivity contribution >= 4 is 12.1 Å². The lowest BCUT2D eigenvalue weighted by atomic mass is 9.91. The van der Waals surface area contributed by atoms with Gasteiger partial charge in [-0.2, -0.15) is 0 Å². The van der Waals surface area contributed by atoms with Crippen molar-refractivity contribution in [2.24, 2.45) is 11.8 Å². The van der Waals surface area contributed by atoms with E-state index < -0.39 is 12.1 Å². The Hall–Kier alpha value is -1.30. The number of nitrogens with one attached hydrogen (secondary N) is 1. The van der Waals surface area contributed by atoms with Crippen molar-refractivity contribution in [2.75, 3.05) is 26.7 Å². The third kappa shape index (κ3) is 5.92. The van der Waals surface area contributed by atoms with Gasteiger partial charge in [0.05, 0.1) is 7.11 Å². The molecule has 1 rings (SSSR count). The third-order valence-corrected chi connectivity index (χ3v) is 3.21. The first-order valence-corrected chi connectivity index (χ1v) is 6.69. The smallest absolute Gasteiger partial charge is 0.407 e. The zero-order valence-electron chi connectivity index (χ0n) is 11.9. The summed E-state index contributed by atoms with van der Waals surface area (Å²) >= 11 is 0. The van der Waals surface area contributed by atoms with Crippen LogP contribution in [0.25, 0.3) is 0 Å². The second-order valence-corrected chi connectivity index (χ2v) is 5.64. The number of likely N-dealkylation sites (tertiary alicyclic amines) is 1. The van der Waals surface area contributed by atoms with Crippen LogP contribution in [0, 0.1) is 11.8 Å². The highest BCUT2D eigenvalue weighted by Crippen LogP contribution is 2.21. The van der Waals surface area contributed by atoms with Gasteiger partial charge in [0, 0.05) is 32.1 Å². The molecule has 0 aliphatic carbocycles. The predicted octanol–water partition coefficient (Wildman–Crippen LogP) is 1.16. The van der Waals surface area contributed by atoms with E-state index in [1.54, 1.807) is 0 Å². The van der Waals surface area contributed by atoms with Crippen molar-refractivity contribution in [1.82, 2.24) is 10.2 Å². The van der Waals surface area contributed by atoms with Gasteiger partial charge in [0.25, 0.3) is 0 Å². The number of aliphatic carboxylic acids is 1. The quantitative estimate of drug-likeness (QED) is 0.785. The molecule has 1 aliphatic rings. The van der Waals surface area contributed by atoms with Gasteiger partial charge in [-0.15, -0.1) is 0 Å². The fraction of sp³-hybridized carbons (Fsp3) is 0.846. The van der Waals surface area contributed by atoms with Crippen LogP contribution in [-0.4, -0.2) is 54.9 Å². The summed E-state index contributed by atoms with van der Waals surface area (Å²) < 4.78 is 4.60. The Morgan fingerprint density at radius 3 is 2.63 bits per heavy atom. The lowest BCUT2D eigenvalue weighted by Crippen LogP contribution is -2.51. The number of carboxylic acid groups (broad SMARTS) is 1. The van der Waals surface area contributed by atoms with Crippen LogP contribution in [0.15, 0.2) is 0 Å². The van der Waals surface area contributed by atoms with E-state index in [2.05, 4.69) is 28.8 Å². The average molecular weight is 272 g/mol. The number of methoxy groups -OCH3 is 1. The van der Waals surface area contributed by atoms with Crippen molar-refractivity contribution < 1.29 is 19.4 Å². The van der Waals surface area contributed by atoms with E-state index in [-0.39, 0.29) is 18.4 Å². The molecule has 6 nitrogen and oxygen atoms in total. The summed E-state index contributed by atoms with van der Waals surface area (Å²) in [4.78, 5) is 24.3. The molecule has 0 saturated carbocycles. The normalized spacial score (nSPS) is 24.2. The van der Waals surface area contributed by atoms with Gasteiger partial charge in [0.1, 0.15) is 0 Å². The summed E-state index contributed by atoms with van der Waals surface area (Å²) in [5.41, 5.74) is 0.